The van der Waals surface area contributed by atoms with Crippen molar-refractivity contribution in [3.05, 3.63) is 58.1 Å². The van der Waals surface area contributed by atoms with Gasteiger partial charge in [-0.3, -0.25) is 34.8 Å². The van der Waals surface area contributed by atoms with E-state index < -0.39 is 11.8 Å². The second-order valence-corrected chi connectivity index (χ2v) is 5.94. The van der Waals surface area contributed by atoms with E-state index in [0.717, 1.165) is 0 Å². The van der Waals surface area contributed by atoms with E-state index in [1.54, 1.807) is 13.8 Å². The molecule has 0 spiro atoms. The Hall–Kier alpha value is -4.09. The molecule has 2 aromatic rings. The van der Waals surface area contributed by atoms with E-state index in [9.17, 15) is 24.0 Å². The summed E-state index contributed by atoms with van der Waals surface area (Å²) in [5.41, 5.74) is 5.37. The molecule has 32 heavy (non-hydrogen) atoms. The Morgan fingerprint density at radius 3 is 1.25 bits per heavy atom. The minimum atomic E-state index is -0.547. The molecule has 0 atom stereocenters. The molecule has 2 rings (SSSR count). The zero-order valence-electron chi connectivity index (χ0n) is 17.5. The molecular formula is C21H24N4O7. The van der Waals surface area contributed by atoms with E-state index in [1.807, 2.05) is 10.9 Å². The summed E-state index contributed by atoms with van der Waals surface area (Å²) in [6, 6.07) is 7.05. The van der Waals surface area contributed by atoms with Crippen molar-refractivity contribution >= 4 is 30.7 Å². The molecule has 170 valence electrons. The number of nitrogens with two attached hydrogens (primary N) is 2. The third-order valence-corrected chi connectivity index (χ3v) is 3.84. The summed E-state index contributed by atoms with van der Waals surface area (Å²) in [6.45, 7) is 4.15. The predicted octanol–water partition coefficient (Wildman–Crippen LogP) is 0.815. The van der Waals surface area contributed by atoms with Crippen molar-refractivity contribution < 1.29 is 33.4 Å². The topological polar surface area (TPSA) is 180 Å². The van der Waals surface area contributed by atoms with Crippen LogP contribution in [0.5, 0.6) is 11.5 Å². The Bertz CT molecular complexity index is 882. The molecule has 0 bridgehead atoms. The molecular weight excluding hydrogens is 420 g/mol. The van der Waals surface area contributed by atoms with E-state index >= 15 is 0 Å². The number of carbonyl (C=O) groups excluding carboxylic acids is 5. The van der Waals surface area contributed by atoms with Gasteiger partial charge < -0.3 is 9.47 Å². The largest absolute Gasteiger partial charge is 0.493 e. The summed E-state index contributed by atoms with van der Waals surface area (Å²) in [7, 11) is 0. The van der Waals surface area contributed by atoms with Crippen LogP contribution < -0.4 is 32.0 Å². The van der Waals surface area contributed by atoms with Crippen molar-refractivity contribution in [2.24, 2.45) is 11.7 Å². The lowest BCUT2D eigenvalue weighted by atomic mass is 10.1. The minimum absolute atomic E-state index is 0.173. The fourth-order valence-corrected chi connectivity index (χ4v) is 2.53. The van der Waals surface area contributed by atoms with Crippen LogP contribution in [-0.4, -0.2) is 43.9 Å². The fourth-order valence-electron chi connectivity index (χ4n) is 2.53. The van der Waals surface area contributed by atoms with Gasteiger partial charge in [0.25, 0.3) is 11.8 Å². The van der Waals surface area contributed by atoms with Gasteiger partial charge in [-0.15, -0.1) is 0 Å². The highest BCUT2D eigenvalue weighted by molar-refractivity contribution is 6.02. The Balaban J connectivity index is 0.000000363. The van der Waals surface area contributed by atoms with Gasteiger partial charge in [0.2, 0.25) is 0 Å². The first-order valence-corrected chi connectivity index (χ1v) is 9.35. The number of ether oxygens (including phenoxy) is 2. The van der Waals surface area contributed by atoms with Crippen LogP contribution in [0.25, 0.3) is 0 Å². The van der Waals surface area contributed by atoms with Gasteiger partial charge in [0, 0.05) is 16.7 Å². The molecule has 0 aromatic heterocycles. The molecule has 0 fully saturated rings. The van der Waals surface area contributed by atoms with Crippen LogP contribution >= 0.6 is 0 Å². The van der Waals surface area contributed by atoms with Crippen LogP contribution in [0.1, 0.15) is 65.6 Å². The van der Waals surface area contributed by atoms with Gasteiger partial charge in [-0.2, -0.15) is 0 Å². The Morgan fingerprint density at radius 1 is 0.719 bits per heavy atom. The number of rotatable bonds is 9. The van der Waals surface area contributed by atoms with E-state index in [-0.39, 0.29) is 22.6 Å². The Kier molecular flexibility index (Phi) is 10.8. The third kappa shape index (κ3) is 7.00. The van der Waals surface area contributed by atoms with Gasteiger partial charge >= 0.3 is 0 Å². The van der Waals surface area contributed by atoms with Crippen LogP contribution in [0.15, 0.2) is 30.3 Å². The summed E-state index contributed by atoms with van der Waals surface area (Å²) < 4.78 is 10.7. The molecule has 6 N–H and O–H groups in total. The summed E-state index contributed by atoms with van der Waals surface area (Å²) in [5.74, 6) is 9.59. The molecule has 0 aliphatic heterocycles. The van der Waals surface area contributed by atoms with Gasteiger partial charge in [0.05, 0.1) is 24.3 Å². The lowest BCUT2D eigenvalue weighted by Gasteiger charge is -2.15. The SMILES string of the molecule is CCOc1cc(C(=O)NN)c(OCC)cc1C(=O)NN.O=Cc1cc(C=O)cc(C=O)c1. The maximum absolute atomic E-state index is 11.7. The van der Waals surface area contributed by atoms with Crippen molar-refractivity contribution in [1.82, 2.24) is 10.9 Å². The lowest BCUT2D eigenvalue weighted by Crippen LogP contribution is -2.32. The number of amides is 2. The first kappa shape index (κ1) is 25.9. The number of hydrogen-bond acceptors (Lipinski definition) is 9. The number of nitrogens with one attached hydrogen (secondary N) is 2. The summed E-state index contributed by atoms with van der Waals surface area (Å²) in [5, 5.41) is 0. The molecule has 2 aromatic carbocycles. The molecule has 0 aliphatic rings. The van der Waals surface area contributed by atoms with Crippen molar-refractivity contribution in [3.8, 4) is 11.5 Å². The Labute approximate surface area is 184 Å². The first-order valence-electron chi connectivity index (χ1n) is 9.35. The molecule has 0 unspecified atom stereocenters. The van der Waals surface area contributed by atoms with E-state index in [0.29, 0.717) is 48.8 Å². The van der Waals surface area contributed by atoms with Crippen molar-refractivity contribution in [1.29, 1.82) is 0 Å². The monoisotopic (exact) mass is 444 g/mol. The number of carbonyl (C=O) groups is 5. The zero-order valence-corrected chi connectivity index (χ0v) is 17.5. The summed E-state index contributed by atoms with van der Waals surface area (Å²) in [4.78, 5) is 54.4. The second-order valence-electron chi connectivity index (χ2n) is 5.94. The molecule has 0 radical (unpaired) electrons. The minimum Gasteiger partial charge on any atom is -0.493 e. The third-order valence-electron chi connectivity index (χ3n) is 3.84. The van der Waals surface area contributed by atoms with Crippen molar-refractivity contribution in [2.75, 3.05) is 13.2 Å². The van der Waals surface area contributed by atoms with Crippen LogP contribution in [0.2, 0.25) is 0 Å². The van der Waals surface area contributed by atoms with Gasteiger partial charge in [0.1, 0.15) is 30.4 Å². The molecule has 0 heterocycles. The fraction of sp³-hybridized carbons (Fsp3) is 0.190. The smallest absolute Gasteiger partial charge is 0.269 e. The summed E-state index contributed by atoms with van der Waals surface area (Å²) >= 11 is 0. The average Bonchev–Trinajstić information content (AvgIpc) is 2.83. The van der Waals surface area contributed by atoms with Crippen LogP contribution in [0.4, 0.5) is 0 Å². The van der Waals surface area contributed by atoms with Crippen LogP contribution in [0, 0.1) is 0 Å². The normalized spacial score (nSPS) is 9.50. The average molecular weight is 444 g/mol. The molecule has 2 amide bonds. The highest BCUT2D eigenvalue weighted by Gasteiger charge is 2.20. The van der Waals surface area contributed by atoms with Gasteiger partial charge in [0.15, 0.2) is 0 Å². The van der Waals surface area contributed by atoms with Crippen LogP contribution in [-0.2, 0) is 0 Å². The zero-order chi connectivity index (χ0) is 24.1. The first-order chi connectivity index (χ1) is 15.4. The van der Waals surface area contributed by atoms with Crippen molar-refractivity contribution in [2.45, 2.75) is 13.8 Å². The Morgan fingerprint density at radius 2 is 1.03 bits per heavy atom. The number of benzene rings is 2. The van der Waals surface area contributed by atoms with Gasteiger partial charge in [-0.1, -0.05) is 0 Å². The number of hydrogen-bond donors (Lipinski definition) is 4. The maximum Gasteiger partial charge on any atom is 0.269 e. The quantitative estimate of drug-likeness (QED) is 0.188. The second kappa shape index (κ2) is 13.3. The molecule has 0 saturated carbocycles. The van der Waals surface area contributed by atoms with E-state index in [4.69, 9.17) is 21.2 Å². The van der Waals surface area contributed by atoms with Gasteiger partial charge in [-0.25, -0.2) is 11.7 Å². The van der Waals surface area contributed by atoms with Crippen molar-refractivity contribution in [3.63, 3.8) is 0 Å². The number of nitrogen functional groups attached to an aromatic ring is 2. The number of aldehydes is 3. The molecule has 11 heteroatoms. The van der Waals surface area contributed by atoms with Crippen LogP contribution in [0.3, 0.4) is 0 Å². The summed E-state index contributed by atoms with van der Waals surface area (Å²) in [6.07, 6.45) is 1.79. The van der Waals surface area contributed by atoms with Gasteiger partial charge in [-0.05, 0) is 44.2 Å². The lowest BCUT2D eigenvalue weighted by molar-refractivity contribution is 0.0935. The molecule has 0 aliphatic carbocycles. The standard InChI is InChI=1S/C12H18N4O4.C9H6O3/c1-3-19-9-5-8(12(18)16-14)10(20-4-2)6-7(9)11(17)15-13;10-4-7-1-8(5-11)3-9(2-7)6-12/h5-6H,3-4,13-14H2,1-2H3,(H,15,17)(H,16,18);1-6H. The molecule has 0 saturated heterocycles. The highest BCUT2D eigenvalue weighted by atomic mass is 16.5. The van der Waals surface area contributed by atoms with E-state index in [1.165, 1.54) is 30.3 Å². The number of hydrazine groups is 2. The molecule has 11 nitrogen and oxygen atoms in total. The highest BCUT2D eigenvalue weighted by Crippen LogP contribution is 2.29. The van der Waals surface area contributed by atoms with E-state index in [2.05, 4.69) is 0 Å². The maximum atomic E-state index is 11.7. The predicted molar refractivity (Wildman–Crippen MR) is 115 cm³/mol.